The highest BCUT2D eigenvalue weighted by molar-refractivity contribution is 6.46. The summed E-state index contributed by atoms with van der Waals surface area (Å²) in [5.74, 6) is -0.321. The van der Waals surface area contributed by atoms with Crippen molar-refractivity contribution < 1.29 is 24.2 Å². The Hall–Kier alpha value is -3.16. The van der Waals surface area contributed by atoms with Gasteiger partial charge < -0.3 is 19.5 Å². The van der Waals surface area contributed by atoms with Crippen LogP contribution < -0.4 is 4.74 Å². The molecule has 0 radical (unpaired) electrons. The topological polar surface area (TPSA) is 79.3 Å². The molecule has 2 aromatic carbocycles. The van der Waals surface area contributed by atoms with Crippen molar-refractivity contribution in [3.63, 3.8) is 0 Å². The normalized spacial score (nSPS) is 20.6. The summed E-state index contributed by atoms with van der Waals surface area (Å²) in [7, 11) is 0. The molecule has 0 aliphatic carbocycles. The van der Waals surface area contributed by atoms with Crippen LogP contribution in [0.5, 0.6) is 5.75 Å². The van der Waals surface area contributed by atoms with E-state index >= 15 is 0 Å². The number of carbonyl (C=O) groups excluding carboxylic acids is 2. The number of aliphatic hydroxyl groups excluding tert-OH is 1. The Morgan fingerprint density at radius 3 is 2.31 bits per heavy atom. The molecule has 7 nitrogen and oxygen atoms in total. The second kappa shape index (κ2) is 11.1. The number of aliphatic hydroxyl groups is 1. The molecule has 2 aliphatic rings. The summed E-state index contributed by atoms with van der Waals surface area (Å²) >= 11 is 0. The SMILES string of the molecule is Cc1ccc([C@H]2C(=C(O)c3ccc(OCC(C)C)cc3)C(=O)C(=O)N2CCN2CCOCC2)cc1. The number of likely N-dealkylation sites (tertiary alicyclic amines) is 1. The Labute approximate surface area is 206 Å². The first kappa shape index (κ1) is 24.9. The fourth-order valence-electron chi connectivity index (χ4n) is 4.41. The van der Waals surface area contributed by atoms with E-state index in [-0.39, 0.29) is 11.3 Å². The highest BCUT2D eigenvalue weighted by Gasteiger charge is 2.46. The van der Waals surface area contributed by atoms with Crippen LogP contribution in [-0.4, -0.2) is 72.6 Å². The maximum atomic E-state index is 13.2. The Morgan fingerprint density at radius 2 is 1.69 bits per heavy atom. The molecule has 2 aromatic rings. The zero-order valence-electron chi connectivity index (χ0n) is 20.7. The van der Waals surface area contributed by atoms with Crippen LogP contribution in [0.15, 0.2) is 54.1 Å². The summed E-state index contributed by atoms with van der Waals surface area (Å²) in [4.78, 5) is 30.2. The van der Waals surface area contributed by atoms with Crippen molar-refractivity contribution in [2.75, 3.05) is 46.0 Å². The van der Waals surface area contributed by atoms with Crippen LogP contribution in [0.2, 0.25) is 0 Å². The van der Waals surface area contributed by atoms with E-state index in [1.54, 1.807) is 29.2 Å². The number of ketones is 1. The molecule has 0 bridgehead atoms. The van der Waals surface area contributed by atoms with Crippen LogP contribution in [-0.2, 0) is 14.3 Å². The third kappa shape index (κ3) is 5.74. The summed E-state index contributed by atoms with van der Waals surface area (Å²) in [6, 6.07) is 14.1. The standard InChI is InChI=1S/C28H34N2O5/c1-19(2)18-35-23-10-8-22(9-11-23)26(31)24-25(21-6-4-20(3)5-7-21)30(28(33)27(24)32)13-12-29-14-16-34-17-15-29/h4-11,19,25,31H,12-18H2,1-3H3/t25-/m0/s1. The molecular weight excluding hydrogens is 444 g/mol. The largest absolute Gasteiger partial charge is 0.507 e. The molecule has 2 heterocycles. The fraction of sp³-hybridized carbons (Fsp3) is 0.429. The van der Waals surface area contributed by atoms with Crippen LogP contribution in [0.1, 0.15) is 36.6 Å². The van der Waals surface area contributed by atoms with Crippen molar-refractivity contribution in [3.05, 3.63) is 70.8 Å². The lowest BCUT2D eigenvalue weighted by molar-refractivity contribution is -0.140. The van der Waals surface area contributed by atoms with E-state index in [1.165, 1.54) is 0 Å². The maximum Gasteiger partial charge on any atom is 0.295 e. The number of ether oxygens (including phenoxy) is 2. The van der Waals surface area contributed by atoms with Crippen LogP contribution >= 0.6 is 0 Å². The quantitative estimate of drug-likeness (QED) is 0.353. The Morgan fingerprint density at radius 1 is 1.03 bits per heavy atom. The zero-order chi connectivity index (χ0) is 24.9. The Bertz CT molecular complexity index is 1070. The van der Waals surface area contributed by atoms with Gasteiger partial charge in [-0.3, -0.25) is 14.5 Å². The highest BCUT2D eigenvalue weighted by atomic mass is 16.5. The molecule has 2 fully saturated rings. The predicted molar refractivity (Wildman–Crippen MR) is 134 cm³/mol. The molecule has 4 rings (SSSR count). The number of rotatable bonds is 8. The smallest absolute Gasteiger partial charge is 0.295 e. The zero-order valence-corrected chi connectivity index (χ0v) is 20.7. The van der Waals surface area contributed by atoms with Crippen molar-refractivity contribution in [1.29, 1.82) is 0 Å². The Kier molecular flexibility index (Phi) is 7.88. The molecule has 0 saturated carbocycles. The van der Waals surface area contributed by atoms with Gasteiger partial charge in [-0.1, -0.05) is 43.7 Å². The van der Waals surface area contributed by atoms with Gasteiger partial charge in [-0.15, -0.1) is 0 Å². The van der Waals surface area contributed by atoms with E-state index in [0.717, 1.165) is 24.2 Å². The van der Waals surface area contributed by atoms with Gasteiger partial charge in [0.05, 0.1) is 31.4 Å². The molecule has 186 valence electrons. The average Bonchev–Trinajstić information content (AvgIpc) is 3.12. The number of aryl methyl sites for hydroxylation is 1. The number of benzene rings is 2. The number of hydrogen-bond acceptors (Lipinski definition) is 6. The van der Waals surface area contributed by atoms with Gasteiger partial charge in [0.2, 0.25) is 0 Å². The number of Topliss-reactive ketones (excluding diaryl/α,β-unsaturated/α-hetero) is 1. The predicted octanol–water partition coefficient (Wildman–Crippen LogP) is 3.78. The van der Waals surface area contributed by atoms with Crippen molar-refractivity contribution in [1.82, 2.24) is 9.80 Å². The van der Waals surface area contributed by atoms with Crippen molar-refractivity contribution in [2.24, 2.45) is 5.92 Å². The van der Waals surface area contributed by atoms with Gasteiger partial charge in [-0.05, 0) is 42.7 Å². The minimum Gasteiger partial charge on any atom is -0.507 e. The van der Waals surface area contributed by atoms with Crippen LogP contribution in [0.3, 0.4) is 0 Å². The first-order valence-corrected chi connectivity index (χ1v) is 12.2. The Balaban J connectivity index is 1.66. The minimum absolute atomic E-state index is 0.122. The lowest BCUT2D eigenvalue weighted by atomic mass is 9.94. The molecule has 2 aliphatic heterocycles. The lowest BCUT2D eigenvalue weighted by Crippen LogP contribution is -2.42. The van der Waals surface area contributed by atoms with Gasteiger partial charge in [0.1, 0.15) is 11.5 Å². The van der Waals surface area contributed by atoms with Crippen molar-refractivity contribution >= 4 is 17.4 Å². The highest BCUT2D eigenvalue weighted by Crippen LogP contribution is 2.39. The molecule has 0 aromatic heterocycles. The third-order valence-electron chi connectivity index (χ3n) is 6.40. The van der Waals surface area contributed by atoms with Gasteiger partial charge in [0.15, 0.2) is 0 Å². The third-order valence-corrected chi connectivity index (χ3v) is 6.40. The van der Waals surface area contributed by atoms with Crippen molar-refractivity contribution in [3.8, 4) is 5.75 Å². The van der Waals surface area contributed by atoms with Gasteiger partial charge in [0.25, 0.3) is 11.7 Å². The van der Waals surface area contributed by atoms with E-state index in [0.29, 0.717) is 50.1 Å². The monoisotopic (exact) mass is 478 g/mol. The molecule has 35 heavy (non-hydrogen) atoms. The van der Waals surface area contributed by atoms with Crippen LogP contribution in [0.25, 0.3) is 5.76 Å². The molecule has 2 saturated heterocycles. The van der Waals surface area contributed by atoms with Gasteiger partial charge >= 0.3 is 0 Å². The summed E-state index contributed by atoms with van der Waals surface area (Å²) in [6.07, 6.45) is 0. The summed E-state index contributed by atoms with van der Waals surface area (Å²) in [5.41, 5.74) is 2.48. The summed E-state index contributed by atoms with van der Waals surface area (Å²) in [6.45, 7) is 10.7. The minimum atomic E-state index is -0.657. The molecule has 1 atom stereocenters. The van der Waals surface area contributed by atoms with E-state index in [1.807, 2.05) is 31.2 Å². The second-order valence-corrected chi connectivity index (χ2v) is 9.59. The molecule has 1 amide bonds. The van der Waals surface area contributed by atoms with Gasteiger partial charge in [-0.25, -0.2) is 0 Å². The van der Waals surface area contributed by atoms with E-state index < -0.39 is 17.7 Å². The molecular formula is C28H34N2O5. The lowest BCUT2D eigenvalue weighted by Gasteiger charge is -2.31. The average molecular weight is 479 g/mol. The molecule has 0 spiro atoms. The fourth-order valence-corrected chi connectivity index (χ4v) is 4.41. The number of amides is 1. The van der Waals surface area contributed by atoms with Crippen molar-refractivity contribution in [2.45, 2.75) is 26.8 Å². The maximum absolute atomic E-state index is 13.2. The first-order chi connectivity index (χ1) is 16.8. The number of nitrogens with zero attached hydrogens (tertiary/aromatic N) is 2. The number of morpholine rings is 1. The number of hydrogen-bond donors (Lipinski definition) is 1. The first-order valence-electron chi connectivity index (χ1n) is 12.2. The molecule has 7 heteroatoms. The summed E-state index contributed by atoms with van der Waals surface area (Å²) in [5, 5.41) is 11.3. The van der Waals surface area contributed by atoms with E-state index in [9.17, 15) is 14.7 Å². The second-order valence-electron chi connectivity index (χ2n) is 9.59. The van der Waals surface area contributed by atoms with E-state index in [4.69, 9.17) is 9.47 Å². The van der Waals surface area contributed by atoms with E-state index in [2.05, 4.69) is 18.7 Å². The number of carbonyl (C=O) groups is 2. The van der Waals surface area contributed by atoms with Crippen LogP contribution in [0, 0.1) is 12.8 Å². The molecule has 1 N–H and O–H groups in total. The van der Waals surface area contributed by atoms with Gasteiger partial charge in [0, 0.05) is 31.7 Å². The van der Waals surface area contributed by atoms with Gasteiger partial charge in [-0.2, -0.15) is 0 Å². The van der Waals surface area contributed by atoms with Crippen LogP contribution in [0.4, 0.5) is 0 Å². The molecule has 0 unspecified atom stereocenters. The summed E-state index contributed by atoms with van der Waals surface area (Å²) < 4.78 is 11.2.